The Bertz CT molecular complexity index is 444. The van der Waals surface area contributed by atoms with E-state index < -0.39 is 0 Å². The molecule has 3 fully saturated rings. The van der Waals surface area contributed by atoms with Crippen LogP contribution in [0.25, 0.3) is 0 Å². The van der Waals surface area contributed by atoms with Gasteiger partial charge in [0.1, 0.15) is 0 Å². The topological polar surface area (TPSA) is 0 Å². The average molecular weight is 328 g/mol. The van der Waals surface area contributed by atoms with E-state index in [0.717, 1.165) is 23.2 Å². The zero-order chi connectivity index (χ0) is 15.5. The summed E-state index contributed by atoms with van der Waals surface area (Å²) in [6, 6.07) is 11.8. The lowest BCUT2D eigenvalue weighted by atomic mass is 9.83. The van der Waals surface area contributed by atoms with E-state index in [4.69, 9.17) is 0 Å². The van der Waals surface area contributed by atoms with Crippen LogP contribution in [0.15, 0.2) is 30.3 Å². The highest BCUT2D eigenvalue weighted by atomic mass is 31.1. The van der Waals surface area contributed by atoms with Gasteiger partial charge in [-0.05, 0) is 67.0 Å². The third-order valence-corrected chi connectivity index (χ3v) is 10.6. The third kappa shape index (κ3) is 3.53. The summed E-state index contributed by atoms with van der Waals surface area (Å²) in [5.74, 6) is 2.12. The van der Waals surface area contributed by atoms with Gasteiger partial charge in [-0.25, -0.2) is 0 Å². The van der Waals surface area contributed by atoms with Crippen LogP contribution < -0.4 is 5.30 Å². The molecule has 0 aromatic heterocycles. The highest BCUT2D eigenvalue weighted by molar-refractivity contribution is 7.67. The first-order valence-electron chi connectivity index (χ1n) is 10.3. The Labute approximate surface area is 144 Å². The minimum absolute atomic E-state index is 0.0872. The lowest BCUT2D eigenvalue weighted by Gasteiger charge is -2.37. The van der Waals surface area contributed by atoms with Gasteiger partial charge in [0.2, 0.25) is 0 Å². The number of benzene rings is 1. The molecule has 3 aliphatic rings. The van der Waals surface area contributed by atoms with E-state index in [0.29, 0.717) is 0 Å². The molecule has 0 spiro atoms. The van der Waals surface area contributed by atoms with Crippen molar-refractivity contribution in [3.63, 3.8) is 0 Å². The summed E-state index contributed by atoms with van der Waals surface area (Å²) in [6.45, 7) is 0. The van der Waals surface area contributed by atoms with Gasteiger partial charge in [-0.2, -0.15) is 0 Å². The second-order valence-electron chi connectivity index (χ2n) is 8.25. The number of hydrogen-bond acceptors (Lipinski definition) is 0. The van der Waals surface area contributed by atoms with Crippen LogP contribution in [-0.4, -0.2) is 11.3 Å². The van der Waals surface area contributed by atoms with Crippen LogP contribution in [0.5, 0.6) is 0 Å². The first kappa shape index (κ1) is 16.1. The Kier molecular flexibility index (Phi) is 5.39. The second-order valence-corrected chi connectivity index (χ2v) is 10.9. The van der Waals surface area contributed by atoms with Gasteiger partial charge >= 0.3 is 0 Å². The van der Waals surface area contributed by atoms with E-state index >= 15 is 0 Å². The molecule has 1 aromatic rings. The zero-order valence-electron chi connectivity index (χ0n) is 14.6. The lowest BCUT2D eigenvalue weighted by Crippen LogP contribution is -2.27. The largest absolute Gasteiger partial charge is 0.0684 e. The van der Waals surface area contributed by atoms with Crippen LogP contribution in [0.2, 0.25) is 0 Å². The molecular weight excluding hydrogens is 295 g/mol. The first-order chi connectivity index (χ1) is 11.4. The van der Waals surface area contributed by atoms with Crippen molar-refractivity contribution in [2.24, 2.45) is 11.8 Å². The molecule has 0 nitrogen and oxygen atoms in total. The molecule has 2 unspecified atom stereocenters. The Balaban J connectivity index is 1.58. The van der Waals surface area contributed by atoms with Gasteiger partial charge in [0.15, 0.2) is 0 Å². The smallest absolute Gasteiger partial charge is 0.0138 e. The highest BCUT2D eigenvalue weighted by Crippen LogP contribution is 2.62. The monoisotopic (exact) mass is 328 g/mol. The summed E-state index contributed by atoms with van der Waals surface area (Å²) in [4.78, 5) is 0. The van der Waals surface area contributed by atoms with Crippen molar-refractivity contribution < 1.29 is 0 Å². The summed E-state index contributed by atoms with van der Waals surface area (Å²) in [6.07, 6.45) is 18.3. The van der Waals surface area contributed by atoms with Gasteiger partial charge in [-0.15, -0.1) is 0 Å². The van der Waals surface area contributed by atoms with Crippen LogP contribution in [0.1, 0.15) is 77.0 Å². The molecule has 126 valence electrons. The normalized spacial score (nSPS) is 33.8. The minimum Gasteiger partial charge on any atom is -0.0684 e. The third-order valence-electron chi connectivity index (χ3n) is 6.92. The predicted octanol–water partition coefficient (Wildman–Crippen LogP) is 6.49. The van der Waals surface area contributed by atoms with Crippen molar-refractivity contribution in [3.8, 4) is 0 Å². The van der Waals surface area contributed by atoms with Gasteiger partial charge in [0.05, 0.1) is 0 Å². The fourth-order valence-corrected chi connectivity index (χ4v) is 9.95. The maximum atomic E-state index is 2.47. The fraction of sp³-hybridized carbons (Fsp3) is 0.727. The zero-order valence-corrected chi connectivity index (χ0v) is 15.5. The average Bonchev–Trinajstić information content (AvgIpc) is 3.09. The molecule has 1 heteroatoms. The van der Waals surface area contributed by atoms with E-state index in [1.165, 1.54) is 64.2 Å². The summed E-state index contributed by atoms with van der Waals surface area (Å²) < 4.78 is 0. The summed E-state index contributed by atoms with van der Waals surface area (Å²) in [7, 11) is 0.0872. The molecule has 4 rings (SSSR count). The lowest BCUT2D eigenvalue weighted by molar-refractivity contribution is 0.332. The molecule has 1 aliphatic heterocycles. The molecule has 0 amide bonds. The van der Waals surface area contributed by atoms with Crippen molar-refractivity contribution in [2.75, 3.05) is 0 Å². The summed E-state index contributed by atoms with van der Waals surface area (Å²) >= 11 is 0. The van der Waals surface area contributed by atoms with Gasteiger partial charge in [0.25, 0.3) is 0 Å². The van der Waals surface area contributed by atoms with Gasteiger partial charge in [-0.1, -0.05) is 76.8 Å². The van der Waals surface area contributed by atoms with Gasteiger partial charge < -0.3 is 0 Å². The standard InChI is InChI=1S/C22H33P/c1-4-10-18(11-5-1)21-16-17-22(19-12-6-2-7-13-19)23(21)20-14-8-3-9-15-20/h3,8-9,14-15,18-19,21-22H,1-2,4-7,10-13,16-17H2. The molecule has 1 saturated heterocycles. The van der Waals surface area contributed by atoms with Crippen molar-refractivity contribution in [1.29, 1.82) is 0 Å². The first-order valence-corrected chi connectivity index (χ1v) is 11.7. The predicted molar refractivity (Wildman–Crippen MR) is 103 cm³/mol. The SMILES string of the molecule is c1ccc(P2C(C3CCCCC3)CCC2C2CCCCC2)cc1. The number of rotatable bonds is 3. The molecular formula is C22H33P. The van der Waals surface area contributed by atoms with Crippen LogP contribution in [0.4, 0.5) is 0 Å². The maximum absolute atomic E-state index is 2.47. The molecule has 1 aromatic carbocycles. The van der Waals surface area contributed by atoms with Crippen LogP contribution in [0.3, 0.4) is 0 Å². The molecule has 2 aliphatic carbocycles. The van der Waals surface area contributed by atoms with Crippen LogP contribution >= 0.6 is 7.92 Å². The molecule has 1 heterocycles. The molecule has 23 heavy (non-hydrogen) atoms. The van der Waals surface area contributed by atoms with Crippen molar-refractivity contribution in [3.05, 3.63) is 30.3 Å². The van der Waals surface area contributed by atoms with Crippen LogP contribution in [-0.2, 0) is 0 Å². The van der Waals surface area contributed by atoms with Crippen molar-refractivity contribution in [2.45, 2.75) is 88.4 Å². The fourth-order valence-electron chi connectivity index (χ4n) is 5.81. The second kappa shape index (κ2) is 7.69. The van der Waals surface area contributed by atoms with Gasteiger partial charge in [-0.3, -0.25) is 0 Å². The Morgan fingerprint density at radius 1 is 0.565 bits per heavy atom. The molecule has 0 bridgehead atoms. The number of hydrogen-bond donors (Lipinski definition) is 0. The Morgan fingerprint density at radius 2 is 1.04 bits per heavy atom. The molecule has 2 saturated carbocycles. The van der Waals surface area contributed by atoms with E-state index in [-0.39, 0.29) is 7.92 Å². The van der Waals surface area contributed by atoms with E-state index in [2.05, 4.69) is 30.3 Å². The van der Waals surface area contributed by atoms with E-state index in [9.17, 15) is 0 Å². The summed E-state index contributed by atoms with van der Waals surface area (Å²) in [5.41, 5.74) is 2.11. The van der Waals surface area contributed by atoms with E-state index in [1.54, 1.807) is 18.1 Å². The molecule has 0 radical (unpaired) electrons. The van der Waals surface area contributed by atoms with Gasteiger partial charge in [0, 0.05) is 0 Å². The minimum atomic E-state index is 0.0872. The van der Waals surface area contributed by atoms with Crippen molar-refractivity contribution >= 4 is 13.2 Å². The molecule has 2 atom stereocenters. The maximum Gasteiger partial charge on any atom is -0.0138 e. The quantitative estimate of drug-likeness (QED) is 0.557. The van der Waals surface area contributed by atoms with E-state index in [1.807, 2.05) is 0 Å². The summed E-state index contributed by atoms with van der Waals surface area (Å²) in [5, 5.41) is 1.74. The highest BCUT2D eigenvalue weighted by Gasteiger charge is 2.43. The Morgan fingerprint density at radius 3 is 1.52 bits per heavy atom. The molecule has 0 N–H and O–H groups in total. The van der Waals surface area contributed by atoms with Crippen molar-refractivity contribution in [1.82, 2.24) is 0 Å². The van der Waals surface area contributed by atoms with Crippen LogP contribution in [0, 0.1) is 11.8 Å². The Hall–Kier alpha value is -0.350.